The highest BCUT2D eigenvalue weighted by atomic mass is 16.5. The third-order valence-corrected chi connectivity index (χ3v) is 3.07. The van der Waals surface area contributed by atoms with Crippen LogP contribution >= 0.6 is 0 Å². The van der Waals surface area contributed by atoms with E-state index < -0.39 is 0 Å². The molecular weight excluding hydrogens is 210 g/mol. The number of nitrogens with one attached hydrogen (secondary N) is 1. The summed E-state index contributed by atoms with van der Waals surface area (Å²) in [6, 6.07) is 8.67. The highest BCUT2D eigenvalue weighted by Gasteiger charge is 2.04. The van der Waals surface area contributed by atoms with Crippen molar-refractivity contribution < 1.29 is 4.74 Å². The fourth-order valence-electron chi connectivity index (χ4n) is 1.90. The topological polar surface area (TPSA) is 21.3 Å². The number of ether oxygens (including phenoxy) is 1. The molecule has 2 nitrogen and oxygen atoms in total. The zero-order valence-corrected chi connectivity index (χ0v) is 11.3. The summed E-state index contributed by atoms with van der Waals surface area (Å²) in [7, 11) is 1.71. The van der Waals surface area contributed by atoms with Crippen molar-refractivity contribution in [3.05, 3.63) is 29.8 Å². The van der Waals surface area contributed by atoms with Gasteiger partial charge < -0.3 is 10.1 Å². The van der Waals surface area contributed by atoms with E-state index in [1.165, 1.54) is 31.2 Å². The van der Waals surface area contributed by atoms with Crippen molar-refractivity contribution in [3.8, 4) is 5.75 Å². The summed E-state index contributed by atoms with van der Waals surface area (Å²) in [6.07, 6.45) is 5.23. The van der Waals surface area contributed by atoms with E-state index in [0.717, 1.165) is 12.3 Å². The van der Waals surface area contributed by atoms with Crippen LogP contribution in [0.3, 0.4) is 0 Å². The van der Waals surface area contributed by atoms with Crippen LogP contribution in [0.2, 0.25) is 0 Å². The molecule has 1 atom stereocenters. The number of unbranched alkanes of at least 4 members (excludes halogenated alkanes) is 3. The first kappa shape index (κ1) is 14.0. The Balaban J connectivity index is 2.33. The molecule has 0 heterocycles. The lowest BCUT2D eigenvalue weighted by atomic mass is 10.1. The highest BCUT2D eigenvalue weighted by molar-refractivity contribution is 5.30. The molecule has 0 spiro atoms. The Morgan fingerprint density at radius 1 is 1.24 bits per heavy atom. The van der Waals surface area contributed by atoms with Gasteiger partial charge in [0, 0.05) is 6.04 Å². The van der Waals surface area contributed by atoms with Gasteiger partial charge in [-0.25, -0.2) is 0 Å². The number of rotatable bonds is 8. The van der Waals surface area contributed by atoms with E-state index in [1.54, 1.807) is 7.11 Å². The molecule has 0 aliphatic carbocycles. The maximum Gasteiger partial charge on any atom is 0.119 e. The summed E-state index contributed by atoms with van der Waals surface area (Å²) in [6.45, 7) is 5.54. The molecule has 17 heavy (non-hydrogen) atoms. The lowest BCUT2D eigenvalue weighted by molar-refractivity contribution is 0.413. The molecule has 96 valence electrons. The van der Waals surface area contributed by atoms with Crippen LogP contribution in [0.1, 0.15) is 51.1 Å². The molecule has 0 bridgehead atoms. The van der Waals surface area contributed by atoms with Crippen molar-refractivity contribution in [2.24, 2.45) is 0 Å². The predicted molar refractivity (Wildman–Crippen MR) is 73.6 cm³/mol. The van der Waals surface area contributed by atoms with Gasteiger partial charge in [0.05, 0.1) is 7.11 Å². The van der Waals surface area contributed by atoms with E-state index in [9.17, 15) is 0 Å². The molecule has 0 fully saturated rings. The number of hydrogen-bond donors (Lipinski definition) is 1. The van der Waals surface area contributed by atoms with Gasteiger partial charge >= 0.3 is 0 Å². The van der Waals surface area contributed by atoms with Crippen LogP contribution in [0.25, 0.3) is 0 Å². The Labute approximate surface area is 105 Å². The lowest BCUT2D eigenvalue weighted by Crippen LogP contribution is -2.19. The van der Waals surface area contributed by atoms with Gasteiger partial charge in [0.2, 0.25) is 0 Å². The second-order valence-corrected chi connectivity index (χ2v) is 4.51. The number of methoxy groups -OCH3 is 1. The van der Waals surface area contributed by atoms with Crippen molar-refractivity contribution in [2.45, 2.75) is 45.6 Å². The third kappa shape index (κ3) is 5.22. The normalized spacial score (nSPS) is 12.4. The Hall–Kier alpha value is -1.02. The smallest absolute Gasteiger partial charge is 0.119 e. The van der Waals surface area contributed by atoms with Gasteiger partial charge in [-0.05, 0) is 37.6 Å². The minimum absolute atomic E-state index is 0.395. The molecule has 1 aromatic rings. The van der Waals surface area contributed by atoms with E-state index in [0.29, 0.717) is 6.04 Å². The van der Waals surface area contributed by atoms with Crippen molar-refractivity contribution in [1.29, 1.82) is 0 Å². The van der Waals surface area contributed by atoms with E-state index in [1.807, 2.05) is 12.1 Å². The molecule has 0 saturated heterocycles. The van der Waals surface area contributed by atoms with Gasteiger partial charge in [-0.3, -0.25) is 0 Å². The molecule has 0 aliphatic rings. The zero-order valence-electron chi connectivity index (χ0n) is 11.3. The standard InChI is InChI=1S/C15H25NO/c1-4-5-6-7-11-16-13(2)14-9-8-10-15(12-14)17-3/h8-10,12-13,16H,4-7,11H2,1-3H3/t13-/m0/s1. The molecular formula is C15H25NO. The monoisotopic (exact) mass is 235 g/mol. The average Bonchev–Trinajstić information content (AvgIpc) is 2.38. The molecule has 0 radical (unpaired) electrons. The maximum atomic E-state index is 5.23. The van der Waals surface area contributed by atoms with E-state index in [-0.39, 0.29) is 0 Å². The van der Waals surface area contributed by atoms with Crippen LogP contribution in [-0.2, 0) is 0 Å². The molecule has 1 rings (SSSR count). The lowest BCUT2D eigenvalue weighted by Gasteiger charge is -2.15. The summed E-state index contributed by atoms with van der Waals surface area (Å²) < 4.78 is 5.23. The second-order valence-electron chi connectivity index (χ2n) is 4.51. The summed E-state index contributed by atoms with van der Waals surface area (Å²) in [5.74, 6) is 0.933. The van der Waals surface area contributed by atoms with Crippen molar-refractivity contribution >= 4 is 0 Å². The van der Waals surface area contributed by atoms with Crippen LogP contribution in [-0.4, -0.2) is 13.7 Å². The van der Waals surface area contributed by atoms with Crippen LogP contribution in [0.15, 0.2) is 24.3 Å². The van der Waals surface area contributed by atoms with Crippen LogP contribution in [0.4, 0.5) is 0 Å². The van der Waals surface area contributed by atoms with E-state index >= 15 is 0 Å². The number of hydrogen-bond acceptors (Lipinski definition) is 2. The SMILES string of the molecule is CCCCCCN[C@@H](C)c1cccc(OC)c1. The molecule has 1 aromatic carbocycles. The van der Waals surface area contributed by atoms with E-state index in [4.69, 9.17) is 4.74 Å². The zero-order chi connectivity index (χ0) is 12.5. The molecule has 0 saturated carbocycles. The Morgan fingerprint density at radius 3 is 2.76 bits per heavy atom. The summed E-state index contributed by atoms with van der Waals surface area (Å²) >= 11 is 0. The van der Waals surface area contributed by atoms with Gasteiger partial charge in [0.1, 0.15) is 5.75 Å². The van der Waals surface area contributed by atoms with Crippen LogP contribution < -0.4 is 10.1 Å². The Morgan fingerprint density at radius 2 is 2.06 bits per heavy atom. The molecule has 0 aromatic heterocycles. The second kappa shape index (κ2) is 8.13. The first-order chi connectivity index (χ1) is 8.27. The minimum Gasteiger partial charge on any atom is -0.497 e. The molecule has 0 aliphatic heterocycles. The first-order valence-corrected chi connectivity index (χ1v) is 6.65. The van der Waals surface area contributed by atoms with Crippen molar-refractivity contribution in [3.63, 3.8) is 0 Å². The molecule has 0 unspecified atom stereocenters. The largest absolute Gasteiger partial charge is 0.497 e. The third-order valence-electron chi connectivity index (χ3n) is 3.07. The summed E-state index contributed by atoms with van der Waals surface area (Å²) in [5.41, 5.74) is 1.29. The molecule has 0 amide bonds. The van der Waals surface area contributed by atoms with Crippen molar-refractivity contribution in [2.75, 3.05) is 13.7 Å². The highest BCUT2D eigenvalue weighted by Crippen LogP contribution is 2.18. The van der Waals surface area contributed by atoms with E-state index in [2.05, 4.69) is 31.3 Å². The minimum atomic E-state index is 0.395. The van der Waals surface area contributed by atoms with Crippen LogP contribution in [0.5, 0.6) is 5.75 Å². The van der Waals surface area contributed by atoms with Crippen LogP contribution in [0, 0.1) is 0 Å². The average molecular weight is 235 g/mol. The summed E-state index contributed by atoms with van der Waals surface area (Å²) in [5, 5.41) is 3.55. The van der Waals surface area contributed by atoms with Gasteiger partial charge in [0.25, 0.3) is 0 Å². The first-order valence-electron chi connectivity index (χ1n) is 6.65. The Kier molecular flexibility index (Phi) is 6.71. The predicted octanol–water partition coefficient (Wildman–Crippen LogP) is 3.93. The quantitative estimate of drug-likeness (QED) is 0.689. The fraction of sp³-hybridized carbons (Fsp3) is 0.600. The van der Waals surface area contributed by atoms with Crippen molar-refractivity contribution in [1.82, 2.24) is 5.32 Å². The molecule has 1 N–H and O–H groups in total. The Bertz CT molecular complexity index is 312. The summed E-state index contributed by atoms with van der Waals surface area (Å²) in [4.78, 5) is 0. The number of benzene rings is 1. The van der Waals surface area contributed by atoms with Gasteiger partial charge in [0.15, 0.2) is 0 Å². The van der Waals surface area contributed by atoms with Gasteiger partial charge in [-0.1, -0.05) is 38.3 Å². The maximum absolute atomic E-state index is 5.23. The molecule has 2 heteroatoms. The van der Waals surface area contributed by atoms with Gasteiger partial charge in [-0.2, -0.15) is 0 Å². The van der Waals surface area contributed by atoms with Gasteiger partial charge in [-0.15, -0.1) is 0 Å². The fourth-order valence-corrected chi connectivity index (χ4v) is 1.90.